The van der Waals surface area contributed by atoms with Crippen molar-refractivity contribution in [3.05, 3.63) is 54.1 Å². The third-order valence-electron chi connectivity index (χ3n) is 3.04. The van der Waals surface area contributed by atoms with Crippen LogP contribution in [0, 0.1) is 0 Å². The number of hydrogen-bond acceptors (Lipinski definition) is 4. The van der Waals surface area contributed by atoms with E-state index in [0.29, 0.717) is 6.54 Å². The third kappa shape index (κ3) is 3.46. The molecule has 2 aromatic rings. The lowest BCUT2D eigenvalue weighted by Gasteiger charge is -2.19. The molecule has 4 heteroatoms. The van der Waals surface area contributed by atoms with Crippen molar-refractivity contribution < 1.29 is 9.47 Å². The second-order valence-corrected chi connectivity index (χ2v) is 5.11. The summed E-state index contributed by atoms with van der Waals surface area (Å²) in [5.41, 5.74) is 6.90. The number of benzene rings is 2. The predicted molar refractivity (Wildman–Crippen MR) is 83.6 cm³/mol. The zero-order valence-corrected chi connectivity index (χ0v) is 12.5. The average molecular weight is 289 g/mol. The molecule has 0 saturated heterocycles. The summed E-state index contributed by atoms with van der Waals surface area (Å²) in [7, 11) is 1.65. The van der Waals surface area contributed by atoms with Crippen LogP contribution in [0.4, 0.5) is 0 Å². The largest absolute Gasteiger partial charge is 0.497 e. The van der Waals surface area contributed by atoms with E-state index >= 15 is 0 Å². The fourth-order valence-corrected chi connectivity index (χ4v) is 2.47. The Bertz CT molecular complexity index is 542. The van der Waals surface area contributed by atoms with Crippen molar-refractivity contribution in [3.63, 3.8) is 0 Å². The van der Waals surface area contributed by atoms with E-state index in [1.54, 1.807) is 18.9 Å². The SMILES string of the molecule is COc1ccc(C(CN)Oc2ccccc2SC)cc1. The van der Waals surface area contributed by atoms with Crippen LogP contribution < -0.4 is 15.2 Å². The summed E-state index contributed by atoms with van der Waals surface area (Å²) in [6, 6.07) is 15.8. The van der Waals surface area contributed by atoms with E-state index in [2.05, 4.69) is 0 Å². The molecule has 0 amide bonds. The highest BCUT2D eigenvalue weighted by atomic mass is 32.2. The maximum atomic E-state index is 6.06. The van der Waals surface area contributed by atoms with E-state index in [-0.39, 0.29) is 6.10 Å². The second-order valence-electron chi connectivity index (χ2n) is 4.27. The van der Waals surface area contributed by atoms with Gasteiger partial charge in [-0.15, -0.1) is 11.8 Å². The molecule has 1 atom stereocenters. The van der Waals surface area contributed by atoms with Crippen molar-refractivity contribution >= 4 is 11.8 Å². The van der Waals surface area contributed by atoms with E-state index in [1.165, 1.54) is 0 Å². The molecule has 0 bridgehead atoms. The summed E-state index contributed by atoms with van der Waals surface area (Å²) in [6.07, 6.45) is 1.88. The van der Waals surface area contributed by atoms with Gasteiger partial charge >= 0.3 is 0 Å². The molecule has 0 aliphatic heterocycles. The van der Waals surface area contributed by atoms with Crippen LogP contribution >= 0.6 is 11.8 Å². The Balaban J connectivity index is 2.19. The monoisotopic (exact) mass is 289 g/mol. The fraction of sp³-hybridized carbons (Fsp3) is 0.250. The van der Waals surface area contributed by atoms with Gasteiger partial charge in [0.25, 0.3) is 0 Å². The molecule has 3 nitrogen and oxygen atoms in total. The zero-order valence-electron chi connectivity index (χ0n) is 11.7. The number of thioether (sulfide) groups is 1. The van der Waals surface area contributed by atoms with E-state index in [1.807, 2.05) is 54.8 Å². The van der Waals surface area contributed by atoms with Crippen molar-refractivity contribution in [3.8, 4) is 11.5 Å². The highest BCUT2D eigenvalue weighted by Crippen LogP contribution is 2.31. The molecule has 2 N–H and O–H groups in total. The lowest BCUT2D eigenvalue weighted by molar-refractivity contribution is 0.209. The van der Waals surface area contributed by atoms with Crippen LogP contribution in [0.2, 0.25) is 0 Å². The quantitative estimate of drug-likeness (QED) is 0.827. The molecule has 1 unspecified atom stereocenters. The third-order valence-corrected chi connectivity index (χ3v) is 3.82. The van der Waals surface area contributed by atoms with Crippen LogP contribution in [-0.2, 0) is 0 Å². The molecule has 0 aromatic heterocycles. The van der Waals surface area contributed by atoms with Crippen molar-refractivity contribution in [1.82, 2.24) is 0 Å². The van der Waals surface area contributed by atoms with Gasteiger partial charge in [-0.2, -0.15) is 0 Å². The summed E-state index contributed by atoms with van der Waals surface area (Å²) in [5, 5.41) is 0. The molecular weight excluding hydrogens is 270 g/mol. The van der Waals surface area contributed by atoms with Gasteiger partial charge in [0.15, 0.2) is 0 Å². The number of rotatable bonds is 6. The van der Waals surface area contributed by atoms with Crippen molar-refractivity contribution in [1.29, 1.82) is 0 Å². The van der Waals surface area contributed by atoms with Crippen molar-refractivity contribution in [2.24, 2.45) is 5.73 Å². The maximum absolute atomic E-state index is 6.06. The Morgan fingerprint density at radius 1 is 1.10 bits per heavy atom. The molecule has 0 aliphatic carbocycles. The standard InChI is InChI=1S/C16H19NO2S/c1-18-13-9-7-12(8-10-13)15(11-17)19-14-5-3-4-6-16(14)20-2/h3-10,15H,11,17H2,1-2H3. The lowest BCUT2D eigenvalue weighted by atomic mass is 10.1. The van der Waals surface area contributed by atoms with Gasteiger partial charge in [-0.1, -0.05) is 24.3 Å². The highest BCUT2D eigenvalue weighted by Gasteiger charge is 2.13. The first kappa shape index (κ1) is 14.8. The molecule has 2 aromatic carbocycles. The molecule has 106 valence electrons. The Hall–Kier alpha value is -1.65. The second kappa shape index (κ2) is 7.22. The van der Waals surface area contributed by atoms with Gasteiger partial charge in [-0.05, 0) is 36.1 Å². The number of nitrogens with two attached hydrogens (primary N) is 1. The van der Waals surface area contributed by atoms with E-state index in [4.69, 9.17) is 15.2 Å². The molecular formula is C16H19NO2S. The van der Waals surface area contributed by atoms with Crippen LogP contribution in [0.15, 0.2) is 53.4 Å². The molecule has 20 heavy (non-hydrogen) atoms. The first-order valence-corrected chi connectivity index (χ1v) is 7.64. The molecule has 0 radical (unpaired) electrons. The smallest absolute Gasteiger partial charge is 0.136 e. The summed E-state index contributed by atoms with van der Waals surface area (Å²) < 4.78 is 11.2. The predicted octanol–water partition coefficient (Wildman–Crippen LogP) is 3.50. The molecule has 0 aliphatic rings. The number of methoxy groups -OCH3 is 1. The molecule has 0 fully saturated rings. The van der Waals surface area contributed by atoms with Gasteiger partial charge in [-0.3, -0.25) is 0 Å². The van der Waals surface area contributed by atoms with Gasteiger partial charge in [0.2, 0.25) is 0 Å². The Labute approximate surface area is 124 Å². The van der Waals surface area contributed by atoms with Crippen LogP contribution in [0.5, 0.6) is 11.5 Å². The Morgan fingerprint density at radius 3 is 2.40 bits per heavy atom. The van der Waals surface area contributed by atoms with E-state index in [9.17, 15) is 0 Å². The summed E-state index contributed by atoms with van der Waals surface area (Å²) in [4.78, 5) is 1.11. The van der Waals surface area contributed by atoms with Crippen LogP contribution in [-0.4, -0.2) is 19.9 Å². The van der Waals surface area contributed by atoms with Gasteiger partial charge in [0.05, 0.1) is 7.11 Å². The minimum atomic E-state index is -0.158. The van der Waals surface area contributed by atoms with E-state index in [0.717, 1.165) is 22.0 Å². The maximum Gasteiger partial charge on any atom is 0.136 e. The first-order chi connectivity index (χ1) is 9.78. The summed E-state index contributed by atoms with van der Waals surface area (Å²) >= 11 is 1.66. The van der Waals surface area contributed by atoms with Crippen molar-refractivity contribution in [2.45, 2.75) is 11.0 Å². The van der Waals surface area contributed by atoms with Crippen molar-refractivity contribution in [2.75, 3.05) is 19.9 Å². The lowest BCUT2D eigenvalue weighted by Crippen LogP contribution is -2.18. The summed E-state index contributed by atoms with van der Waals surface area (Å²) in [6.45, 7) is 0.426. The van der Waals surface area contributed by atoms with Crippen LogP contribution in [0.25, 0.3) is 0 Å². The van der Waals surface area contributed by atoms with Gasteiger partial charge in [-0.25, -0.2) is 0 Å². The molecule has 2 rings (SSSR count). The Kier molecular flexibility index (Phi) is 5.32. The zero-order chi connectivity index (χ0) is 14.4. The molecule has 0 spiro atoms. The van der Waals surface area contributed by atoms with Gasteiger partial charge in [0.1, 0.15) is 17.6 Å². The minimum absolute atomic E-state index is 0.158. The van der Waals surface area contributed by atoms with Crippen LogP contribution in [0.1, 0.15) is 11.7 Å². The van der Waals surface area contributed by atoms with Gasteiger partial charge < -0.3 is 15.2 Å². The molecule has 0 heterocycles. The average Bonchev–Trinajstić information content (AvgIpc) is 2.53. The van der Waals surface area contributed by atoms with E-state index < -0.39 is 0 Å². The minimum Gasteiger partial charge on any atom is -0.497 e. The fourth-order valence-electron chi connectivity index (χ4n) is 1.94. The molecule has 0 saturated carbocycles. The summed E-state index contributed by atoms with van der Waals surface area (Å²) in [5.74, 6) is 1.69. The Morgan fingerprint density at radius 2 is 1.80 bits per heavy atom. The van der Waals surface area contributed by atoms with Gasteiger partial charge in [0, 0.05) is 11.4 Å². The number of hydrogen-bond donors (Lipinski definition) is 1. The number of para-hydroxylation sites is 1. The van der Waals surface area contributed by atoms with Crippen LogP contribution in [0.3, 0.4) is 0 Å². The number of ether oxygens (including phenoxy) is 2. The topological polar surface area (TPSA) is 44.5 Å². The highest BCUT2D eigenvalue weighted by molar-refractivity contribution is 7.98. The first-order valence-electron chi connectivity index (χ1n) is 6.42. The normalized spacial score (nSPS) is 11.9.